The third-order valence-corrected chi connectivity index (χ3v) is 3.77. The van der Waals surface area contributed by atoms with E-state index in [1.807, 2.05) is 19.1 Å². The van der Waals surface area contributed by atoms with Crippen LogP contribution in [0.5, 0.6) is 0 Å². The predicted molar refractivity (Wildman–Crippen MR) is 98.9 cm³/mol. The summed E-state index contributed by atoms with van der Waals surface area (Å²) in [6, 6.07) is 16.8. The lowest BCUT2D eigenvalue weighted by Crippen LogP contribution is -2.30. The molecule has 1 atom stereocenters. The van der Waals surface area contributed by atoms with E-state index in [4.69, 9.17) is 0 Å². The fourth-order valence-electron chi connectivity index (χ4n) is 2.59. The normalized spacial score (nSPS) is 12.1. The number of aliphatic hydroxyl groups is 1. The van der Waals surface area contributed by atoms with Crippen molar-refractivity contribution < 1.29 is 5.11 Å². The minimum atomic E-state index is -0.352. The van der Waals surface area contributed by atoms with Gasteiger partial charge in [0.15, 0.2) is 0 Å². The van der Waals surface area contributed by atoms with Crippen molar-refractivity contribution in [3.63, 3.8) is 0 Å². The molecule has 2 aromatic rings. The first kappa shape index (κ1) is 17.2. The molecular formula is C21H25NO. The van der Waals surface area contributed by atoms with Crippen LogP contribution in [0.3, 0.4) is 0 Å². The van der Waals surface area contributed by atoms with Crippen molar-refractivity contribution in [3.8, 4) is 0 Å². The highest BCUT2D eigenvalue weighted by molar-refractivity contribution is 5.47. The van der Waals surface area contributed by atoms with Crippen molar-refractivity contribution in [2.24, 2.45) is 0 Å². The van der Waals surface area contributed by atoms with Gasteiger partial charge < -0.3 is 5.11 Å². The Kier molecular flexibility index (Phi) is 6.33. The molecule has 0 saturated heterocycles. The first-order valence-corrected chi connectivity index (χ1v) is 7.94. The highest BCUT2D eigenvalue weighted by Crippen LogP contribution is 2.13. The van der Waals surface area contributed by atoms with E-state index in [2.05, 4.69) is 66.6 Å². The van der Waals surface area contributed by atoms with Gasteiger partial charge in [0.2, 0.25) is 0 Å². The average molecular weight is 307 g/mol. The smallest absolute Gasteiger partial charge is 0.0639 e. The highest BCUT2D eigenvalue weighted by Gasteiger charge is 2.10. The second-order valence-corrected chi connectivity index (χ2v) is 5.91. The summed E-state index contributed by atoms with van der Waals surface area (Å²) < 4.78 is 0. The maximum absolute atomic E-state index is 9.77. The molecule has 0 bridgehead atoms. The summed E-state index contributed by atoms with van der Waals surface area (Å²) in [6.07, 6.45) is 3.34. The first-order chi connectivity index (χ1) is 11.1. The van der Waals surface area contributed by atoms with Gasteiger partial charge in [-0.3, -0.25) is 4.90 Å². The molecule has 0 heterocycles. The van der Waals surface area contributed by atoms with Crippen molar-refractivity contribution in [1.82, 2.24) is 4.90 Å². The molecule has 0 fully saturated rings. The van der Waals surface area contributed by atoms with E-state index in [-0.39, 0.29) is 6.10 Å². The van der Waals surface area contributed by atoms with E-state index < -0.39 is 0 Å². The zero-order valence-electron chi connectivity index (χ0n) is 13.8. The van der Waals surface area contributed by atoms with Crippen LogP contribution >= 0.6 is 0 Å². The van der Waals surface area contributed by atoms with Gasteiger partial charge in [0, 0.05) is 19.6 Å². The Morgan fingerprint density at radius 3 is 1.57 bits per heavy atom. The van der Waals surface area contributed by atoms with Crippen LogP contribution in [-0.4, -0.2) is 22.7 Å². The van der Waals surface area contributed by atoms with Gasteiger partial charge in [-0.25, -0.2) is 0 Å². The van der Waals surface area contributed by atoms with Crippen LogP contribution in [-0.2, 0) is 13.1 Å². The van der Waals surface area contributed by atoms with E-state index >= 15 is 0 Å². The second-order valence-electron chi connectivity index (χ2n) is 5.91. The standard InChI is InChI=1S/C21H25NO/c1-4-18-6-10-20(11-7-18)15-22(14-17(3)23)16-21-12-8-19(5-2)9-13-21/h4-13,17,23H,1-2,14-16H2,3H3. The fraction of sp³-hybridized carbons (Fsp3) is 0.238. The summed E-state index contributed by atoms with van der Waals surface area (Å²) in [5.74, 6) is 0. The minimum absolute atomic E-state index is 0.352. The quantitative estimate of drug-likeness (QED) is 0.783. The largest absolute Gasteiger partial charge is 0.392 e. The zero-order valence-corrected chi connectivity index (χ0v) is 13.8. The Hall–Kier alpha value is -2.16. The van der Waals surface area contributed by atoms with Gasteiger partial charge in [0.1, 0.15) is 0 Å². The molecule has 0 saturated carbocycles. The number of hydrogen-bond donors (Lipinski definition) is 1. The molecule has 0 aliphatic carbocycles. The van der Waals surface area contributed by atoms with Crippen molar-refractivity contribution >= 4 is 12.2 Å². The average Bonchev–Trinajstić information content (AvgIpc) is 2.55. The summed E-state index contributed by atoms with van der Waals surface area (Å²) in [4.78, 5) is 2.26. The van der Waals surface area contributed by atoms with Gasteiger partial charge in [-0.1, -0.05) is 73.8 Å². The van der Waals surface area contributed by atoms with Crippen LogP contribution in [0, 0.1) is 0 Å². The summed E-state index contributed by atoms with van der Waals surface area (Å²) in [5, 5.41) is 9.77. The molecule has 120 valence electrons. The van der Waals surface area contributed by atoms with E-state index in [1.165, 1.54) is 11.1 Å². The maximum atomic E-state index is 9.77. The molecule has 0 spiro atoms. The molecule has 1 N–H and O–H groups in total. The predicted octanol–water partition coefficient (Wildman–Crippen LogP) is 4.36. The molecule has 2 rings (SSSR count). The summed E-state index contributed by atoms with van der Waals surface area (Å²) >= 11 is 0. The third-order valence-electron chi connectivity index (χ3n) is 3.77. The lowest BCUT2D eigenvalue weighted by molar-refractivity contribution is 0.118. The highest BCUT2D eigenvalue weighted by atomic mass is 16.3. The number of rotatable bonds is 8. The van der Waals surface area contributed by atoms with Gasteiger partial charge in [0.05, 0.1) is 6.10 Å². The van der Waals surface area contributed by atoms with Crippen LogP contribution < -0.4 is 0 Å². The Morgan fingerprint density at radius 1 is 0.870 bits per heavy atom. The molecule has 0 amide bonds. The Bertz CT molecular complexity index is 572. The molecular weight excluding hydrogens is 282 g/mol. The minimum Gasteiger partial charge on any atom is -0.392 e. The maximum Gasteiger partial charge on any atom is 0.0639 e. The van der Waals surface area contributed by atoms with Crippen LogP contribution in [0.15, 0.2) is 61.7 Å². The van der Waals surface area contributed by atoms with E-state index in [1.54, 1.807) is 0 Å². The molecule has 0 radical (unpaired) electrons. The topological polar surface area (TPSA) is 23.5 Å². The molecule has 2 nitrogen and oxygen atoms in total. The number of benzene rings is 2. The Balaban J connectivity index is 2.08. The fourth-order valence-corrected chi connectivity index (χ4v) is 2.59. The van der Waals surface area contributed by atoms with Crippen LogP contribution in [0.25, 0.3) is 12.2 Å². The summed E-state index contributed by atoms with van der Waals surface area (Å²) in [7, 11) is 0. The first-order valence-electron chi connectivity index (χ1n) is 7.94. The lowest BCUT2D eigenvalue weighted by atomic mass is 10.1. The van der Waals surface area contributed by atoms with Gasteiger partial charge in [-0.05, 0) is 29.2 Å². The van der Waals surface area contributed by atoms with Crippen LogP contribution in [0.4, 0.5) is 0 Å². The molecule has 0 aromatic heterocycles. The molecule has 2 heteroatoms. The third kappa shape index (κ3) is 5.51. The Labute approximate surface area is 139 Å². The van der Waals surface area contributed by atoms with E-state index in [9.17, 15) is 5.11 Å². The molecule has 2 aromatic carbocycles. The number of nitrogens with zero attached hydrogens (tertiary/aromatic N) is 1. The second kappa shape index (κ2) is 8.47. The zero-order chi connectivity index (χ0) is 16.7. The summed E-state index contributed by atoms with van der Waals surface area (Å²) in [6.45, 7) is 11.7. The van der Waals surface area contributed by atoms with E-state index in [0.29, 0.717) is 6.54 Å². The van der Waals surface area contributed by atoms with Crippen LogP contribution in [0.2, 0.25) is 0 Å². The molecule has 0 aliphatic rings. The van der Waals surface area contributed by atoms with E-state index in [0.717, 1.165) is 24.2 Å². The van der Waals surface area contributed by atoms with Crippen LogP contribution in [0.1, 0.15) is 29.2 Å². The van der Waals surface area contributed by atoms with Crippen molar-refractivity contribution in [1.29, 1.82) is 0 Å². The summed E-state index contributed by atoms with van der Waals surface area (Å²) in [5.41, 5.74) is 4.71. The van der Waals surface area contributed by atoms with Gasteiger partial charge in [-0.15, -0.1) is 0 Å². The molecule has 23 heavy (non-hydrogen) atoms. The number of aliphatic hydroxyl groups excluding tert-OH is 1. The van der Waals surface area contributed by atoms with Gasteiger partial charge >= 0.3 is 0 Å². The van der Waals surface area contributed by atoms with Gasteiger partial charge in [0.25, 0.3) is 0 Å². The number of hydrogen-bond acceptors (Lipinski definition) is 2. The van der Waals surface area contributed by atoms with Gasteiger partial charge in [-0.2, -0.15) is 0 Å². The monoisotopic (exact) mass is 307 g/mol. The SMILES string of the molecule is C=Cc1ccc(CN(Cc2ccc(C=C)cc2)CC(C)O)cc1. The van der Waals surface area contributed by atoms with Crippen molar-refractivity contribution in [2.45, 2.75) is 26.1 Å². The molecule has 1 unspecified atom stereocenters. The molecule has 0 aliphatic heterocycles. The van der Waals surface area contributed by atoms with Crippen molar-refractivity contribution in [3.05, 3.63) is 83.9 Å². The Morgan fingerprint density at radius 2 is 1.26 bits per heavy atom. The van der Waals surface area contributed by atoms with Crippen molar-refractivity contribution in [2.75, 3.05) is 6.54 Å². The lowest BCUT2D eigenvalue weighted by Gasteiger charge is -2.24.